The standard InChI is InChI=1S/C7H6N2S/c1-5-2-8-3-6-7(5)10-4-9-6/h2-4H,1H3. The fraction of sp³-hybridized carbons (Fsp3) is 0.143. The lowest BCUT2D eigenvalue weighted by Gasteiger charge is -1.89. The molecular formula is C7H6N2S. The molecule has 0 radical (unpaired) electrons. The lowest BCUT2D eigenvalue weighted by Crippen LogP contribution is -1.75. The highest BCUT2D eigenvalue weighted by Crippen LogP contribution is 2.19. The number of thiazole rings is 1. The Hall–Kier alpha value is -0.960. The number of hydrogen-bond acceptors (Lipinski definition) is 3. The molecule has 2 nitrogen and oxygen atoms in total. The molecule has 2 rings (SSSR count). The van der Waals surface area contributed by atoms with Crippen LogP contribution in [0.25, 0.3) is 10.2 Å². The zero-order chi connectivity index (χ0) is 6.97. The normalized spacial score (nSPS) is 10.5. The maximum Gasteiger partial charge on any atom is 0.0997 e. The van der Waals surface area contributed by atoms with Crippen LogP contribution >= 0.6 is 11.3 Å². The van der Waals surface area contributed by atoms with Crippen LogP contribution in [0.1, 0.15) is 5.56 Å². The van der Waals surface area contributed by atoms with E-state index in [0.717, 1.165) is 5.52 Å². The predicted molar refractivity (Wildman–Crippen MR) is 42.2 cm³/mol. The Balaban J connectivity index is 2.95. The number of pyridine rings is 1. The van der Waals surface area contributed by atoms with Crippen molar-refractivity contribution in [1.29, 1.82) is 0 Å². The largest absolute Gasteiger partial charge is 0.262 e. The van der Waals surface area contributed by atoms with E-state index in [0.29, 0.717) is 0 Å². The van der Waals surface area contributed by atoms with Gasteiger partial charge < -0.3 is 0 Å². The topological polar surface area (TPSA) is 25.8 Å². The van der Waals surface area contributed by atoms with Crippen molar-refractivity contribution in [3.05, 3.63) is 23.5 Å². The van der Waals surface area contributed by atoms with Gasteiger partial charge in [-0.3, -0.25) is 4.98 Å². The maximum atomic E-state index is 4.14. The van der Waals surface area contributed by atoms with Gasteiger partial charge >= 0.3 is 0 Å². The molecule has 0 aromatic carbocycles. The summed E-state index contributed by atoms with van der Waals surface area (Å²) in [5, 5.41) is 0. The van der Waals surface area contributed by atoms with Crippen LogP contribution < -0.4 is 0 Å². The van der Waals surface area contributed by atoms with E-state index in [1.807, 2.05) is 18.6 Å². The van der Waals surface area contributed by atoms with Crippen molar-refractivity contribution in [2.24, 2.45) is 0 Å². The van der Waals surface area contributed by atoms with Gasteiger partial charge in [-0.05, 0) is 12.5 Å². The van der Waals surface area contributed by atoms with Crippen LogP contribution in [0.3, 0.4) is 0 Å². The van der Waals surface area contributed by atoms with Crippen molar-refractivity contribution in [3.63, 3.8) is 0 Å². The monoisotopic (exact) mass is 150 g/mol. The Bertz CT molecular complexity index is 353. The van der Waals surface area contributed by atoms with Crippen molar-refractivity contribution in [3.8, 4) is 0 Å². The highest BCUT2D eigenvalue weighted by atomic mass is 32.1. The Kier molecular flexibility index (Phi) is 1.17. The molecule has 0 fully saturated rings. The van der Waals surface area contributed by atoms with Crippen molar-refractivity contribution in [2.45, 2.75) is 6.92 Å². The van der Waals surface area contributed by atoms with E-state index in [2.05, 4.69) is 9.97 Å². The fourth-order valence-electron chi connectivity index (χ4n) is 0.920. The van der Waals surface area contributed by atoms with Crippen molar-refractivity contribution >= 4 is 21.6 Å². The Morgan fingerprint density at radius 3 is 3.10 bits per heavy atom. The molecule has 0 atom stereocenters. The third-order valence-electron chi connectivity index (χ3n) is 1.42. The molecule has 0 amide bonds. The first-order valence-corrected chi connectivity index (χ1v) is 3.90. The van der Waals surface area contributed by atoms with Crippen LogP contribution in [0, 0.1) is 6.92 Å². The molecule has 0 aliphatic carbocycles. The lowest BCUT2D eigenvalue weighted by atomic mass is 10.3. The van der Waals surface area contributed by atoms with Crippen LogP contribution in [0.5, 0.6) is 0 Å². The Morgan fingerprint density at radius 1 is 1.40 bits per heavy atom. The average molecular weight is 150 g/mol. The minimum Gasteiger partial charge on any atom is -0.262 e. The molecule has 3 heteroatoms. The minimum absolute atomic E-state index is 1.00. The van der Waals surface area contributed by atoms with Crippen LogP contribution in [-0.4, -0.2) is 9.97 Å². The summed E-state index contributed by atoms with van der Waals surface area (Å²) >= 11 is 1.66. The maximum absolute atomic E-state index is 4.14. The molecule has 0 aliphatic heterocycles. The third-order valence-corrected chi connectivity index (χ3v) is 2.40. The van der Waals surface area contributed by atoms with Gasteiger partial charge in [0.15, 0.2) is 0 Å². The highest BCUT2D eigenvalue weighted by molar-refractivity contribution is 7.16. The summed E-state index contributed by atoms with van der Waals surface area (Å²) in [6.45, 7) is 2.05. The SMILES string of the molecule is Cc1cncc2ncsc12. The molecule has 0 saturated carbocycles. The summed E-state index contributed by atoms with van der Waals surface area (Å²) < 4.78 is 1.25. The highest BCUT2D eigenvalue weighted by Gasteiger charge is 1.97. The first-order chi connectivity index (χ1) is 4.88. The molecule has 2 aromatic heterocycles. The summed E-state index contributed by atoms with van der Waals surface area (Å²) in [4.78, 5) is 8.16. The van der Waals surface area contributed by atoms with Gasteiger partial charge in [0.05, 0.1) is 21.9 Å². The lowest BCUT2D eigenvalue weighted by molar-refractivity contribution is 1.30. The van der Waals surface area contributed by atoms with E-state index in [4.69, 9.17) is 0 Å². The van der Waals surface area contributed by atoms with E-state index in [1.165, 1.54) is 10.3 Å². The number of fused-ring (bicyclic) bond motifs is 1. The summed E-state index contributed by atoms with van der Waals surface area (Å²) in [6, 6.07) is 0. The number of nitrogens with zero attached hydrogens (tertiary/aromatic N) is 2. The molecule has 0 aliphatic rings. The third kappa shape index (κ3) is 0.708. The number of rotatable bonds is 0. The summed E-state index contributed by atoms with van der Waals surface area (Å²) in [6.07, 6.45) is 3.65. The molecule has 0 N–H and O–H groups in total. The van der Waals surface area contributed by atoms with Gasteiger partial charge in [-0.15, -0.1) is 11.3 Å². The Morgan fingerprint density at radius 2 is 2.30 bits per heavy atom. The predicted octanol–water partition coefficient (Wildman–Crippen LogP) is 2.00. The second kappa shape index (κ2) is 2.02. The number of hydrogen-bond donors (Lipinski definition) is 0. The minimum atomic E-state index is 1.00. The molecular weight excluding hydrogens is 144 g/mol. The van der Waals surface area contributed by atoms with Gasteiger partial charge in [0.1, 0.15) is 0 Å². The van der Waals surface area contributed by atoms with E-state index < -0.39 is 0 Å². The Labute approximate surface area is 62.6 Å². The van der Waals surface area contributed by atoms with E-state index in [9.17, 15) is 0 Å². The molecule has 0 spiro atoms. The smallest absolute Gasteiger partial charge is 0.0997 e. The molecule has 2 aromatic rings. The van der Waals surface area contributed by atoms with E-state index in [-0.39, 0.29) is 0 Å². The summed E-state index contributed by atoms with van der Waals surface area (Å²) in [5.41, 5.74) is 4.06. The van der Waals surface area contributed by atoms with Gasteiger partial charge in [-0.2, -0.15) is 0 Å². The van der Waals surface area contributed by atoms with E-state index in [1.54, 1.807) is 17.5 Å². The van der Waals surface area contributed by atoms with Gasteiger partial charge in [0.2, 0.25) is 0 Å². The molecule has 0 saturated heterocycles. The number of aryl methyl sites for hydroxylation is 1. The fourth-order valence-corrected chi connectivity index (χ4v) is 1.66. The zero-order valence-electron chi connectivity index (χ0n) is 5.53. The molecule has 10 heavy (non-hydrogen) atoms. The molecule has 0 unspecified atom stereocenters. The first kappa shape index (κ1) is 5.80. The van der Waals surface area contributed by atoms with Crippen molar-refractivity contribution in [2.75, 3.05) is 0 Å². The second-order valence-electron chi connectivity index (χ2n) is 2.16. The average Bonchev–Trinajstić information content (AvgIpc) is 2.36. The zero-order valence-corrected chi connectivity index (χ0v) is 6.35. The molecule has 2 heterocycles. The molecule has 0 bridgehead atoms. The van der Waals surface area contributed by atoms with Gasteiger partial charge in [-0.1, -0.05) is 0 Å². The van der Waals surface area contributed by atoms with Crippen LogP contribution in [0.15, 0.2) is 17.9 Å². The quantitative estimate of drug-likeness (QED) is 0.574. The molecule has 50 valence electrons. The van der Waals surface area contributed by atoms with Crippen molar-refractivity contribution < 1.29 is 0 Å². The second-order valence-corrected chi connectivity index (χ2v) is 3.01. The van der Waals surface area contributed by atoms with E-state index >= 15 is 0 Å². The summed E-state index contributed by atoms with van der Waals surface area (Å²) in [5.74, 6) is 0. The van der Waals surface area contributed by atoms with Gasteiger partial charge in [-0.25, -0.2) is 4.98 Å². The van der Waals surface area contributed by atoms with Gasteiger partial charge in [0.25, 0.3) is 0 Å². The summed E-state index contributed by atoms with van der Waals surface area (Å²) in [7, 11) is 0. The van der Waals surface area contributed by atoms with Crippen LogP contribution in [0.4, 0.5) is 0 Å². The first-order valence-electron chi connectivity index (χ1n) is 3.02. The van der Waals surface area contributed by atoms with Crippen molar-refractivity contribution in [1.82, 2.24) is 9.97 Å². The van der Waals surface area contributed by atoms with Crippen LogP contribution in [-0.2, 0) is 0 Å². The van der Waals surface area contributed by atoms with Crippen LogP contribution in [0.2, 0.25) is 0 Å². The van der Waals surface area contributed by atoms with Gasteiger partial charge in [0, 0.05) is 6.20 Å². The number of aromatic nitrogens is 2.